The highest BCUT2D eigenvalue weighted by Crippen LogP contribution is 2.20. The number of rotatable bonds is 3. The summed E-state index contributed by atoms with van der Waals surface area (Å²) < 4.78 is 6.60. The fourth-order valence-corrected chi connectivity index (χ4v) is 1.88. The molecule has 0 saturated heterocycles. The van der Waals surface area contributed by atoms with Crippen molar-refractivity contribution in [3.05, 3.63) is 23.5 Å². The molecular weight excluding hydrogens is 232 g/mol. The van der Waals surface area contributed by atoms with Crippen LogP contribution in [0.15, 0.2) is 12.1 Å². The summed E-state index contributed by atoms with van der Waals surface area (Å²) in [7, 11) is 1.54. The Hall–Kier alpha value is -2.11. The molecule has 1 aliphatic rings. The largest absolute Gasteiger partial charge is 0.480 e. The van der Waals surface area contributed by atoms with Gasteiger partial charge < -0.3 is 10.1 Å². The minimum absolute atomic E-state index is 0.122. The van der Waals surface area contributed by atoms with Crippen LogP contribution in [0.3, 0.4) is 0 Å². The van der Waals surface area contributed by atoms with Crippen molar-refractivity contribution in [1.82, 2.24) is 19.9 Å². The van der Waals surface area contributed by atoms with Crippen LogP contribution in [0.2, 0.25) is 0 Å². The minimum Gasteiger partial charge on any atom is -0.480 e. The van der Waals surface area contributed by atoms with E-state index in [9.17, 15) is 4.79 Å². The first-order valence-electron chi connectivity index (χ1n) is 5.90. The van der Waals surface area contributed by atoms with Gasteiger partial charge in [0.15, 0.2) is 11.3 Å². The van der Waals surface area contributed by atoms with Crippen molar-refractivity contribution in [1.29, 1.82) is 0 Å². The van der Waals surface area contributed by atoms with Gasteiger partial charge in [0, 0.05) is 12.1 Å². The smallest absolute Gasteiger partial charge is 0.272 e. The second-order valence-electron chi connectivity index (χ2n) is 4.44. The molecule has 0 aromatic carbocycles. The Morgan fingerprint density at radius 1 is 1.50 bits per heavy atom. The molecule has 0 radical (unpaired) electrons. The quantitative estimate of drug-likeness (QED) is 0.875. The van der Waals surface area contributed by atoms with Gasteiger partial charge in [0.2, 0.25) is 5.88 Å². The van der Waals surface area contributed by atoms with Gasteiger partial charge in [-0.2, -0.15) is 0 Å². The first-order chi connectivity index (χ1) is 8.69. The summed E-state index contributed by atoms with van der Waals surface area (Å²) in [6.45, 7) is 1.81. The van der Waals surface area contributed by atoms with Gasteiger partial charge in [0.25, 0.3) is 5.91 Å². The van der Waals surface area contributed by atoms with Crippen LogP contribution in [0.25, 0.3) is 5.65 Å². The highest BCUT2D eigenvalue weighted by Gasteiger charge is 2.26. The third-order valence-corrected chi connectivity index (χ3v) is 2.96. The predicted octanol–water partition coefficient (Wildman–Crippen LogP) is 0.939. The number of hydrogen-bond acceptors (Lipinski definition) is 4. The van der Waals surface area contributed by atoms with Crippen molar-refractivity contribution in [2.45, 2.75) is 25.8 Å². The molecule has 1 fully saturated rings. The molecule has 1 amide bonds. The molecule has 1 aliphatic carbocycles. The van der Waals surface area contributed by atoms with E-state index >= 15 is 0 Å². The molecule has 0 aliphatic heterocycles. The van der Waals surface area contributed by atoms with Gasteiger partial charge in [0.05, 0.1) is 12.8 Å². The number of aromatic nitrogens is 3. The normalized spacial score (nSPS) is 14.8. The number of aryl methyl sites for hydroxylation is 1. The van der Waals surface area contributed by atoms with Gasteiger partial charge >= 0.3 is 0 Å². The monoisotopic (exact) mass is 246 g/mol. The lowest BCUT2D eigenvalue weighted by Gasteiger charge is -2.04. The summed E-state index contributed by atoms with van der Waals surface area (Å²) in [6.07, 6.45) is 2.11. The number of nitrogens with zero attached hydrogens (tertiary/aromatic N) is 3. The van der Waals surface area contributed by atoms with Crippen LogP contribution in [0.1, 0.15) is 29.0 Å². The number of imidazole rings is 1. The number of carbonyl (C=O) groups excluding carboxylic acids is 1. The Kier molecular flexibility index (Phi) is 2.43. The zero-order valence-corrected chi connectivity index (χ0v) is 10.3. The highest BCUT2D eigenvalue weighted by atomic mass is 16.5. The number of hydrogen-bond donors (Lipinski definition) is 1. The number of nitrogens with one attached hydrogen (secondary N) is 1. The number of amides is 1. The lowest BCUT2D eigenvalue weighted by atomic mass is 10.3. The summed E-state index contributed by atoms with van der Waals surface area (Å²) >= 11 is 0. The number of ether oxygens (including phenoxy) is 1. The van der Waals surface area contributed by atoms with E-state index in [0.29, 0.717) is 29.0 Å². The van der Waals surface area contributed by atoms with Crippen LogP contribution in [0.5, 0.6) is 5.88 Å². The van der Waals surface area contributed by atoms with E-state index in [1.54, 1.807) is 19.2 Å². The maximum Gasteiger partial charge on any atom is 0.272 e. The van der Waals surface area contributed by atoms with E-state index in [2.05, 4.69) is 15.4 Å². The second-order valence-corrected chi connectivity index (χ2v) is 4.44. The average Bonchev–Trinajstić information content (AvgIpc) is 3.08. The Labute approximate surface area is 104 Å². The van der Waals surface area contributed by atoms with Crippen molar-refractivity contribution in [2.24, 2.45) is 0 Å². The predicted molar refractivity (Wildman–Crippen MR) is 64.8 cm³/mol. The first kappa shape index (κ1) is 11.0. The molecule has 0 atom stereocenters. The molecule has 94 valence electrons. The van der Waals surface area contributed by atoms with Crippen LogP contribution in [-0.4, -0.2) is 33.7 Å². The van der Waals surface area contributed by atoms with Crippen LogP contribution < -0.4 is 10.1 Å². The molecule has 6 nitrogen and oxygen atoms in total. The molecule has 0 spiro atoms. The maximum atomic E-state index is 12.1. The number of methoxy groups -OCH3 is 1. The lowest BCUT2D eigenvalue weighted by molar-refractivity contribution is 0.0943. The Morgan fingerprint density at radius 3 is 2.94 bits per heavy atom. The fraction of sp³-hybridized carbons (Fsp3) is 0.417. The van der Waals surface area contributed by atoms with E-state index in [-0.39, 0.29) is 5.91 Å². The third kappa shape index (κ3) is 1.79. The first-order valence-corrected chi connectivity index (χ1v) is 5.90. The standard InChI is InChI=1S/C12H14N4O2/c1-7-11(12(17)14-8-3-4-8)16-9(13-7)5-6-10(15-16)18-2/h5-6,8H,3-4H2,1-2H3,(H,14,17). The van der Waals surface area contributed by atoms with Gasteiger partial charge in [-0.1, -0.05) is 0 Å². The summed E-state index contributed by atoms with van der Waals surface area (Å²) in [6, 6.07) is 3.82. The number of fused-ring (bicyclic) bond motifs is 1. The van der Waals surface area contributed by atoms with Crippen LogP contribution in [0, 0.1) is 6.92 Å². The molecule has 1 saturated carbocycles. The Balaban J connectivity index is 2.07. The maximum absolute atomic E-state index is 12.1. The minimum atomic E-state index is -0.122. The molecule has 18 heavy (non-hydrogen) atoms. The van der Waals surface area contributed by atoms with Crippen molar-refractivity contribution in [2.75, 3.05) is 7.11 Å². The zero-order chi connectivity index (χ0) is 12.7. The van der Waals surface area contributed by atoms with Gasteiger partial charge in [-0.3, -0.25) is 4.79 Å². The van der Waals surface area contributed by atoms with Crippen molar-refractivity contribution >= 4 is 11.6 Å². The zero-order valence-electron chi connectivity index (χ0n) is 10.3. The molecular formula is C12H14N4O2. The molecule has 1 N–H and O–H groups in total. The van der Waals surface area contributed by atoms with E-state index in [1.807, 2.05) is 6.92 Å². The van der Waals surface area contributed by atoms with Crippen LogP contribution >= 0.6 is 0 Å². The average molecular weight is 246 g/mol. The lowest BCUT2D eigenvalue weighted by Crippen LogP contribution is -2.27. The fourth-order valence-electron chi connectivity index (χ4n) is 1.88. The summed E-state index contributed by atoms with van der Waals surface area (Å²) in [4.78, 5) is 16.5. The van der Waals surface area contributed by atoms with Gasteiger partial charge in [-0.05, 0) is 25.8 Å². The van der Waals surface area contributed by atoms with Gasteiger partial charge in [0.1, 0.15) is 0 Å². The van der Waals surface area contributed by atoms with E-state index in [0.717, 1.165) is 12.8 Å². The Morgan fingerprint density at radius 2 is 2.28 bits per heavy atom. The van der Waals surface area contributed by atoms with E-state index < -0.39 is 0 Å². The Bertz CT molecular complexity index is 616. The summed E-state index contributed by atoms with van der Waals surface area (Å²) in [5.74, 6) is 0.337. The van der Waals surface area contributed by atoms with Crippen molar-refractivity contribution < 1.29 is 9.53 Å². The summed E-state index contributed by atoms with van der Waals surface area (Å²) in [5.41, 5.74) is 1.80. The van der Waals surface area contributed by atoms with Gasteiger partial charge in [-0.25, -0.2) is 9.50 Å². The highest BCUT2D eigenvalue weighted by molar-refractivity contribution is 5.94. The molecule has 2 aromatic heterocycles. The van der Waals surface area contributed by atoms with Gasteiger partial charge in [-0.15, -0.1) is 5.10 Å². The van der Waals surface area contributed by atoms with Crippen LogP contribution in [-0.2, 0) is 0 Å². The number of carbonyl (C=O) groups is 1. The van der Waals surface area contributed by atoms with Crippen molar-refractivity contribution in [3.8, 4) is 5.88 Å². The topological polar surface area (TPSA) is 68.5 Å². The molecule has 0 unspecified atom stereocenters. The molecule has 0 bridgehead atoms. The molecule has 3 rings (SSSR count). The molecule has 2 aromatic rings. The third-order valence-electron chi connectivity index (χ3n) is 2.96. The van der Waals surface area contributed by atoms with E-state index in [4.69, 9.17) is 4.74 Å². The SMILES string of the molecule is COc1ccc2nc(C)c(C(=O)NC3CC3)n2n1. The summed E-state index contributed by atoms with van der Waals surface area (Å²) in [5, 5.41) is 7.18. The van der Waals surface area contributed by atoms with Crippen LogP contribution in [0.4, 0.5) is 0 Å². The van der Waals surface area contributed by atoms with Crippen molar-refractivity contribution in [3.63, 3.8) is 0 Å². The van der Waals surface area contributed by atoms with E-state index in [1.165, 1.54) is 4.52 Å². The molecule has 2 heterocycles. The molecule has 6 heteroatoms. The second kappa shape index (κ2) is 3.97.